The summed E-state index contributed by atoms with van der Waals surface area (Å²) in [5.74, 6) is 2.29. The van der Waals surface area contributed by atoms with Crippen LogP contribution in [0, 0.1) is 0 Å². The first-order valence-electron chi connectivity index (χ1n) is 16.9. The SMILES string of the molecule is C.C.C=CCBr.C=CCOc1ccc(-c2ccc(OCC=C)c(CC=C)c2)cc1CC=C.C=CCc1cc(-c2ccc(O)c(CC=C)c2)ccc1O.O=CO[O-].[H-].[K+].[K+]. The van der Waals surface area contributed by atoms with E-state index in [4.69, 9.17) is 19.5 Å². The van der Waals surface area contributed by atoms with Crippen LogP contribution in [-0.4, -0.2) is 35.2 Å². The van der Waals surface area contributed by atoms with Crippen LogP contribution in [0.3, 0.4) is 0 Å². The molecule has 0 unspecified atom stereocenters. The van der Waals surface area contributed by atoms with Crippen LogP contribution in [0.25, 0.3) is 22.3 Å². The molecule has 0 saturated heterocycles. The molecule has 0 atom stereocenters. The number of rotatable bonds is 18. The van der Waals surface area contributed by atoms with E-state index < -0.39 is 0 Å². The van der Waals surface area contributed by atoms with Gasteiger partial charge in [0.2, 0.25) is 0 Å². The fraction of sp³-hybridized carbons (Fsp3) is 0.188. The zero-order chi connectivity index (χ0) is 40.1. The minimum Gasteiger partial charge on any atom is -1.00 e. The number of carbonyl (C=O) groups is 1. The molecule has 2 N–H and O–H groups in total. The van der Waals surface area contributed by atoms with Gasteiger partial charge in [-0.05, 0) is 119 Å². The average Bonchev–Trinajstić information content (AvgIpc) is 3.19. The van der Waals surface area contributed by atoms with Crippen LogP contribution in [-0.2, 0) is 35.4 Å². The van der Waals surface area contributed by atoms with Crippen molar-refractivity contribution in [1.29, 1.82) is 0 Å². The second-order valence-corrected chi connectivity index (χ2v) is 11.8. The molecule has 0 fully saturated rings. The number of allylic oxidation sites excluding steroid dienone is 5. The first-order chi connectivity index (χ1) is 26.2. The molecule has 0 amide bonds. The Balaban J connectivity index is -0.000000264. The van der Waals surface area contributed by atoms with Crippen LogP contribution in [0.15, 0.2) is 161 Å². The normalized spacial score (nSPS) is 8.79. The van der Waals surface area contributed by atoms with Crippen molar-refractivity contribution in [2.75, 3.05) is 18.5 Å². The van der Waals surface area contributed by atoms with Crippen molar-refractivity contribution in [2.45, 2.75) is 40.5 Å². The van der Waals surface area contributed by atoms with Gasteiger partial charge in [-0.3, -0.25) is 4.79 Å². The summed E-state index contributed by atoms with van der Waals surface area (Å²) in [6.45, 7) is 26.7. The van der Waals surface area contributed by atoms with E-state index in [0.29, 0.717) is 26.1 Å². The summed E-state index contributed by atoms with van der Waals surface area (Å²) in [4.78, 5) is 11.2. The van der Waals surface area contributed by atoms with Gasteiger partial charge in [0.15, 0.2) is 0 Å². The zero-order valence-electron chi connectivity index (χ0n) is 33.8. The molecule has 0 bridgehead atoms. The van der Waals surface area contributed by atoms with Crippen molar-refractivity contribution in [1.82, 2.24) is 0 Å². The van der Waals surface area contributed by atoms with Gasteiger partial charge in [-0.15, -0.1) is 32.9 Å². The fourth-order valence-corrected chi connectivity index (χ4v) is 4.90. The Kier molecular flexibility index (Phi) is 41.4. The van der Waals surface area contributed by atoms with E-state index in [2.05, 4.69) is 91.1 Å². The number of halogens is 1. The Labute approximate surface area is 443 Å². The largest absolute Gasteiger partial charge is 1.00 e. The Morgan fingerprint density at radius 3 is 1.07 bits per heavy atom. The van der Waals surface area contributed by atoms with E-state index >= 15 is 0 Å². The molecule has 4 rings (SSSR count). The molecule has 0 aliphatic heterocycles. The molecule has 0 saturated carbocycles. The number of hydrogen-bond donors (Lipinski definition) is 2. The molecule has 0 aliphatic rings. The maximum atomic E-state index is 9.79. The fourth-order valence-electron chi connectivity index (χ4n) is 4.90. The molecule has 4 aromatic carbocycles. The summed E-state index contributed by atoms with van der Waals surface area (Å²) in [6.07, 6.45) is 15.3. The first-order valence-corrected chi connectivity index (χ1v) is 18.0. The monoisotopic (exact) mass is 904 g/mol. The van der Waals surface area contributed by atoms with E-state index in [1.165, 1.54) is 0 Å². The maximum Gasteiger partial charge on any atom is 1.00 e. The molecule has 4 aromatic rings. The molecule has 10 heteroatoms. The van der Waals surface area contributed by atoms with Crippen LogP contribution < -0.4 is 118 Å². The van der Waals surface area contributed by atoms with Crippen LogP contribution in [0.5, 0.6) is 23.0 Å². The number of benzene rings is 4. The Morgan fingerprint density at radius 2 is 0.810 bits per heavy atom. The Bertz CT molecular complexity index is 1710. The number of alkyl halides is 1. The van der Waals surface area contributed by atoms with Crippen LogP contribution in [0.2, 0.25) is 0 Å². The van der Waals surface area contributed by atoms with Gasteiger partial charge in [-0.2, -0.15) is 0 Å². The van der Waals surface area contributed by atoms with Crippen LogP contribution in [0.1, 0.15) is 38.5 Å². The summed E-state index contributed by atoms with van der Waals surface area (Å²) in [5.41, 5.74) is 8.18. The topological polar surface area (TPSA) is 108 Å². The van der Waals surface area contributed by atoms with Crippen molar-refractivity contribution in [3.63, 3.8) is 0 Å². The summed E-state index contributed by atoms with van der Waals surface area (Å²) >= 11 is 3.13. The van der Waals surface area contributed by atoms with Gasteiger partial charge in [0.25, 0.3) is 6.47 Å². The van der Waals surface area contributed by atoms with Gasteiger partial charge in [0.05, 0.1) is 0 Å². The first kappa shape index (κ1) is 62.1. The van der Waals surface area contributed by atoms with Crippen LogP contribution in [0.4, 0.5) is 0 Å². The summed E-state index contributed by atoms with van der Waals surface area (Å²) in [6, 6.07) is 23.5. The van der Waals surface area contributed by atoms with Crippen LogP contribution >= 0.6 is 15.9 Å². The second kappa shape index (κ2) is 38.6. The molecule has 0 radical (unpaired) electrons. The number of ether oxygens (including phenoxy) is 2. The summed E-state index contributed by atoms with van der Waals surface area (Å²) in [5, 5.41) is 28.9. The van der Waals surface area contributed by atoms with Gasteiger partial charge in [0, 0.05) is 5.33 Å². The minimum absolute atomic E-state index is 0. The van der Waals surface area contributed by atoms with Gasteiger partial charge in [-0.25, -0.2) is 0 Å². The molecule has 0 aromatic heterocycles. The van der Waals surface area contributed by atoms with E-state index in [-0.39, 0.29) is 137 Å². The Hall–Kier alpha value is -2.56. The average molecular weight is 906 g/mol. The minimum atomic E-state index is -0.181. The molecular formula is C48H59BrK2O7. The number of hydrogen-bond acceptors (Lipinski definition) is 7. The number of phenols is 2. The van der Waals surface area contributed by atoms with Crippen molar-refractivity contribution >= 4 is 22.4 Å². The number of carbonyl (C=O) groups excluding carboxylic acids is 1. The molecule has 0 aliphatic carbocycles. The van der Waals surface area contributed by atoms with Crippen molar-refractivity contribution in [2.24, 2.45) is 0 Å². The summed E-state index contributed by atoms with van der Waals surface area (Å²) < 4.78 is 11.5. The molecule has 7 nitrogen and oxygen atoms in total. The summed E-state index contributed by atoms with van der Waals surface area (Å²) in [7, 11) is 0. The third kappa shape index (κ3) is 23.3. The van der Waals surface area contributed by atoms with Crippen molar-refractivity contribution < 1.29 is 139 Å². The third-order valence-corrected chi connectivity index (χ3v) is 7.72. The van der Waals surface area contributed by atoms with Crippen molar-refractivity contribution in [3.8, 4) is 45.3 Å². The third-order valence-electron chi connectivity index (χ3n) is 7.27. The maximum absolute atomic E-state index is 9.79. The van der Waals surface area contributed by atoms with E-state index in [9.17, 15) is 10.2 Å². The second-order valence-electron chi connectivity index (χ2n) is 11.1. The van der Waals surface area contributed by atoms with E-state index in [1.54, 1.807) is 42.5 Å². The van der Waals surface area contributed by atoms with Gasteiger partial charge in [-0.1, -0.05) is 111 Å². The molecule has 58 heavy (non-hydrogen) atoms. The quantitative estimate of drug-likeness (QED) is 0.0337. The molecular weight excluding hydrogens is 847 g/mol. The molecule has 0 heterocycles. The predicted molar refractivity (Wildman–Crippen MR) is 240 cm³/mol. The molecule has 302 valence electrons. The molecule has 0 spiro atoms. The Morgan fingerprint density at radius 1 is 0.534 bits per heavy atom. The van der Waals surface area contributed by atoms with Gasteiger partial charge in [0.1, 0.15) is 36.2 Å². The number of phenolic OH excluding ortho intramolecular Hbond substituents is 2. The van der Waals surface area contributed by atoms with E-state index in [1.807, 2.05) is 48.6 Å². The number of aromatic hydroxyl groups is 2. The zero-order valence-corrected chi connectivity index (χ0v) is 40.6. The van der Waals surface area contributed by atoms with Gasteiger partial charge >= 0.3 is 103 Å². The van der Waals surface area contributed by atoms with Gasteiger partial charge < -0.3 is 31.3 Å². The smallest absolute Gasteiger partial charge is 1.00 e. The van der Waals surface area contributed by atoms with E-state index in [0.717, 1.165) is 74.2 Å². The van der Waals surface area contributed by atoms with Crippen molar-refractivity contribution in [3.05, 3.63) is 184 Å². The predicted octanol–water partition coefficient (Wildman–Crippen LogP) is 5.56. The standard InChI is InChI=1S/C24H26O2.C18H18O2.C3H5Br.CH2O3.2CH4.2K.H/c1-5-9-21-17-19(11-13-23(21)25-15-7-3)20-12-14-24(26-16-8-4)22(18-20)10-6-2;1-3-5-15-11-13(7-9-17(15)19)14-8-10-18(20)16(12-14)6-4-2;1-2-3-4;2-1-4-3;;;;;/h5-8,11-14,17-18H,1-4,9-10,15-16H2;3-4,7-12,19-20H,1-2,5-6H2;2H,1,3H2;1,3H;2*1H4;;;/q;;;;;;2*+1;-1/p-1.